The van der Waals surface area contributed by atoms with Crippen molar-refractivity contribution in [3.05, 3.63) is 72.3 Å². The van der Waals surface area contributed by atoms with Crippen LogP contribution in [0.25, 0.3) is 11.3 Å². The molecule has 0 fully saturated rings. The van der Waals surface area contributed by atoms with Crippen molar-refractivity contribution in [2.24, 2.45) is 0 Å². The fourth-order valence-corrected chi connectivity index (χ4v) is 2.02. The Morgan fingerprint density at radius 3 is 2.45 bits per heavy atom. The summed E-state index contributed by atoms with van der Waals surface area (Å²) in [5.74, 6) is 1.16. The second-order valence-corrected chi connectivity index (χ2v) is 4.46. The normalized spacial score (nSPS) is 10.4. The van der Waals surface area contributed by atoms with Crippen LogP contribution >= 0.6 is 0 Å². The lowest BCUT2D eigenvalue weighted by molar-refractivity contribution is 0.943. The van der Waals surface area contributed by atoms with Gasteiger partial charge in [-0.2, -0.15) is 0 Å². The van der Waals surface area contributed by atoms with E-state index < -0.39 is 0 Å². The number of nitrogens with zero attached hydrogens (tertiary/aromatic N) is 3. The third-order valence-electron chi connectivity index (χ3n) is 2.93. The molecule has 0 saturated carbocycles. The maximum atomic E-state index is 5.88. The van der Waals surface area contributed by atoms with Crippen LogP contribution in [0.1, 0.15) is 11.5 Å². The Labute approximate surface area is 117 Å². The first kappa shape index (κ1) is 12.3. The summed E-state index contributed by atoms with van der Waals surface area (Å²) in [5, 5.41) is 0. The number of hydrogen-bond acceptors (Lipinski definition) is 4. The molecule has 0 radical (unpaired) electrons. The summed E-state index contributed by atoms with van der Waals surface area (Å²) in [4.78, 5) is 13.1. The molecule has 0 spiro atoms. The molecule has 0 aliphatic carbocycles. The fraction of sp³-hybridized carbons (Fsp3) is 0.0625. The van der Waals surface area contributed by atoms with Gasteiger partial charge in [-0.1, -0.05) is 36.4 Å². The van der Waals surface area contributed by atoms with Crippen LogP contribution in [-0.2, 0) is 6.42 Å². The zero-order valence-corrected chi connectivity index (χ0v) is 10.9. The van der Waals surface area contributed by atoms with Gasteiger partial charge in [0.25, 0.3) is 0 Å². The van der Waals surface area contributed by atoms with Crippen LogP contribution in [0.5, 0.6) is 0 Å². The van der Waals surface area contributed by atoms with Crippen molar-refractivity contribution < 1.29 is 0 Å². The van der Waals surface area contributed by atoms with Gasteiger partial charge in [0, 0.05) is 23.5 Å². The van der Waals surface area contributed by atoms with Crippen LogP contribution in [0.4, 0.5) is 5.82 Å². The summed E-state index contributed by atoms with van der Waals surface area (Å²) in [6.07, 6.45) is 2.34. The van der Waals surface area contributed by atoms with Crippen molar-refractivity contribution in [1.82, 2.24) is 15.0 Å². The molecule has 0 unspecified atom stereocenters. The lowest BCUT2D eigenvalue weighted by Crippen LogP contribution is -2.03. The molecule has 4 nitrogen and oxygen atoms in total. The molecule has 3 aromatic rings. The van der Waals surface area contributed by atoms with E-state index in [0.29, 0.717) is 18.1 Å². The molecule has 2 aromatic heterocycles. The Kier molecular flexibility index (Phi) is 3.37. The molecule has 0 bridgehead atoms. The largest absolute Gasteiger partial charge is 0.384 e. The molecule has 0 saturated heterocycles. The predicted octanol–water partition coefficient (Wildman–Crippen LogP) is 2.71. The Bertz CT molecular complexity index is 696. The number of nitrogens with two attached hydrogens (primary N) is 1. The van der Waals surface area contributed by atoms with Gasteiger partial charge in [0.15, 0.2) is 0 Å². The van der Waals surface area contributed by atoms with Crippen LogP contribution < -0.4 is 5.73 Å². The van der Waals surface area contributed by atoms with Crippen molar-refractivity contribution in [3.8, 4) is 11.3 Å². The molecule has 0 aliphatic rings. The van der Waals surface area contributed by atoms with Gasteiger partial charge < -0.3 is 5.73 Å². The molecule has 4 heteroatoms. The number of aromatic nitrogens is 3. The van der Waals surface area contributed by atoms with Crippen LogP contribution in [0.3, 0.4) is 0 Å². The summed E-state index contributed by atoms with van der Waals surface area (Å²) in [7, 11) is 0. The first-order chi connectivity index (χ1) is 9.81. The van der Waals surface area contributed by atoms with Crippen molar-refractivity contribution >= 4 is 5.82 Å². The number of anilines is 1. The van der Waals surface area contributed by atoms with E-state index in [4.69, 9.17) is 5.73 Å². The number of pyridine rings is 1. The van der Waals surface area contributed by atoms with Crippen LogP contribution in [-0.4, -0.2) is 15.0 Å². The predicted molar refractivity (Wildman–Crippen MR) is 78.9 cm³/mol. The monoisotopic (exact) mass is 262 g/mol. The van der Waals surface area contributed by atoms with E-state index in [0.717, 1.165) is 17.0 Å². The molecule has 20 heavy (non-hydrogen) atoms. The van der Waals surface area contributed by atoms with Gasteiger partial charge in [0.1, 0.15) is 11.6 Å². The Hall–Kier alpha value is -2.75. The molecule has 0 atom stereocenters. The maximum Gasteiger partial charge on any atom is 0.137 e. The van der Waals surface area contributed by atoms with Gasteiger partial charge in [-0.25, -0.2) is 9.97 Å². The summed E-state index contributed by atoms with van der Waals surface area (Å²) in [6.45, 7) is 0. The van der Waals surface area contributed by atoms with E-state index in [1.807, 2.05) is 48.5 Å². The summed E-state index contributed by atoms with van der Waals surface area (Å²) >= 11 is 0. The van der Waals surface area contributed by atoms with Gasteiger partial charge in [0.2, 0.25) is 0 Å². The van der Waals surface area contributed by atoms with Gasteiger partial charge in [-0.15, -0.1) is 0 Å². The van der Waals surface area contributed by atoms with Crippen molar-refractivity contribution in [1.29, 1.82) is 0 Å². The van der Waals surface area contributed by atoms with Crippen LogP contribution in [0, 0.1) is 0 Å². The molecule has 2 heterocycles. The second-order valence-electron chi connectivity index (χ2n) is 4.46. The minimum Gasteiger partial charge on any atom is -0.384 e. The smallest absolute Gasteiger partial charge is 0.137 e. The van der Waals surface area contributed by atoms with Gasteiger partial charge >= 0.3 is 0 Å². The Balaban J connectivity index is 1.95. The molecule has 2 N–H and O–H groups in total. The van der Waals surface area contributed by atoms with Gasteiger partial charge in [-0.05, 0) is 12.1 Å². The fourth-order valence-electron chi connectivity index (χ4n) is 2.02. The van der Waals surface area contributed by atoms with Crippen LogP contribution in [0.15, 0.2) is 60.8 Å². The van der Waals surface area contributed by atoms with E-state index in [9.17, 15) is 0 Å². The zero-order valence-electron chi connectivity index (χ0n) is 10.9. The highest BCUT2D eigenvalue weighted by atomic mass is 14.9. The first-order valence-corrected chi connectivity index (χ1v) is 6.40. The average Bonchev–Trinajstić information content (AvgIpc) is 2.49. The topological polar surface area (TPSA) is 64.7 Å². The molecule has 3 rings (SSSR count). The van der Waals surface area contributed by atoms with E-state index >= 15 is 0 Å². The second kappa shape index (κ2) is 5.48. The number of hydrogen-bond donors (Lipinski definition) is 1. The van der Waals surface area contributed by atoms with Crippen molar-refractivity contribution in [3.63, 3.8) is 0 Å². The summed E-state index contributed by atoms with van der Waals surface area (Å²) in [6, 6.07) is 17.5. The summed E-state index contributed by atoms with van der Waals surface area (Å²) < 4.78 is 0. The number of nitrogen functional groups attached to an aromatic ring is 1. The highest BCUT2D eigenvalue weighted by molar-refractivity contribution is 5.61. The van der Waals surface area contributed by atoms with Gasteiger partial charge in [0.05, 0.1) is 12.1 Å². The van der Waals surface area contributed by atoms with Gasteiger partial charge in [-0.3, -0.25) is 4.98 Å². The number of rotatable bonds is 3. The third kappa shape index (κ3) is 2.80. The lowest BCUT2D eigenvalue weighted by Gasteiger charge is -2.06. The molecule has 0 aliphatic heterocycles. The maximum absolute atomic E-state index is 5.88. The van der Waals surface area contributed by atoms with Crippen LogP contribution in [0.2, 0.25) is 0 Å². The highest BCUT2D eigenvalue weighted by Crippen LogP contribution is 2.19. The third-order valence-corrected chi connectivity index (χ3v) is 2.93. The minimum absolute atomic E-state index is 0.477. The minimum atomic E-state index is 0.477. The lowest BCUT2D eigenvalue weighted by atomic mass is 10.1. The van der Waals surface area contributed by atoms with Crippen molar-refractivity contribution in [2.75, 3.05) is 5.73 Å². The zero-order chi connectivity index (χ0) is 13.8. The van der Waals surface area contributed by atoms with E-state index in [2.05, 4.69) is 15.0 Å². The van der Waals surface area contributed by atoms with E-state index in [-0.39, 0.29) is 0 Å². The molecule has 0 amide bonds. The van der Waals surface area contributed by atoms with E-state index in [1.54, 1.807) is 12.3 Å². The quantitative estimate of drug-likeness (QED) is 0.788. The molecular formula is C16H14N4. The number of benzene rings is 1. The van der Waals surface area contributed by atoms with E-state index in [1.165, 1.54) is 0 Å². The molecule has 98 valence electrons. The Morgan fingerprint density at radius 1 is 0.900 bits per heavy atom. The molecular weight excluding hydrogens is 248 g/mol. The highest BCUT2D eigenvalue weighted by Gasteiger charge is 2.06. The SMILES string of the molecule is Nc1cc(-c2ccccc2)nc(Cc2ccccn2)n1. The average molecular weight is 262 g/mol. The molecule has 1 aromatic carbocycles. The van der Waals surface area contributed by atoms with Crippen molar-refractivity contribution in [2.45, 2.75) is 6.42 Å². The Morgan fingerprint density at radius 2 is 1.70 bits per heavy atom. The first-order valence-electron chi connectivity index (χ1n) is 6.40. The standard InChI is InChI=1S/C16H14N4/c17-15-11-14(12-6-2-1-3-7-12)19-16(20-15)10-13-8-4-5-9-18-13/h1-9,11H,10H2,(H2,17,19,20). The summed E-state index contributed by atoms with van der Waals surface area (Å²) in [5.41, 5.74) is 8.68.